The van der Waals surface area contributed by atoms with Crippen molar-refractivity contribution in [3.63, 3.8) is 0 Å². The largest absolute Gasteiger partial charge is 0.356 e. The standard InChI is InChI=1S/C17H30ClN5.HI/c1-14(11-23-7-5-6-8-23)10-20-17(19-2)22(4)13-16-9-15(18)12-21(16)3;/h9,12,14H,5-8,10-11,13H2,1-4H3,(H,19,20);1H. The molecule has 1 saturated heterocycles. The van der Waals surface area contributed by atoms with Crippen LogP contribution in [0, 0.1) is 5.92 Å². The van der Waals surface area contributed by atoms with Crippen molar-refractivity contribution in [3.8, 4) is 0 Å². The molecule has 2 rings (SSSR count). The van der Waals surface area contributed by atoms with Gasteiger partial charge in [0.2, 0.25) is 0 Å². The second kappa shape index (κ2) is 10.5. The number of hydrogen-bond donors (Lipinski definition) is 1. The molecule has 0 aromatic carbocycles. The SMILES string of the molecule is CN=C(NCC(C)CN1CCCC1)N(C)Cc1cc(Cl)cn1C.I. The maximum atomic E-state index is 6.06. The summed E-state index contributed by atoms with van der Waals surface area (Å²) in [5, 5.41) is 4.27. The van der Waals surface area contributed by atoms with Gasteiger partial charge in [0.25, 0.3) is 0 Å². The summed E-state index contributed by atoms with van der Waals surface area (Å²) in [5.74, 6) is 1.54. The highest BCUT2D eigenvalue weighted by atomic mass is 127. The first-order chi connectivity index (χ1) is 11.0. The molecule has 1 atom stereocenters. The number of rotatable bonds is 6. The molecule has 1 aliphatic rings. The highest BCUT2D eigenvalue weighted by Gasteiger charge is 2.16. The topological polar surface area (TPSA) is 35.8 Å². The van der Waals surface area contributed by atoms with E-state index in [1.807, 2.05) is 26.4 Å². The summed E-state index contributed by atoms with van der Waals surface area (Å²) < 4.78 is 2.06. The van der Waals surface area contributed by atoms with Gasteiger partial charge >= 0.3 is 0 Å². The Morgan fingerprint density at radius 1 is 1.42 bits per heavy atom. The summed E-state index contributed by atoms with van der Waals surface area (Å²) in [6.07, 6.45) is 4.63. The average Bonchev–Trinajstić information content (AvgIpc) is 3.10. The lowest BCUT2D eigenvalue weighted by atomic mass is 10.1. The molecule has 138 valence electrons. The van der Waals surface area contributed by atoms with E-state index >= 15 is 0 Å². The number of aromatic nitrogens is 1. The Bertz CT molecular complexity index is 525. The predicted molar refractivity (Wildman–Crippen MR) is 114 cm³/mol. The molecule has 7 heteroatoms. The van der Waals surface area contributed by atoms with E-state index in [2.05, 4.69) is 38.6 Å². The molecule has 0 bridgehead atoms. The molecule has 1 fully saturated rings. The minimum atomic E-state index is 0. The van der Waals surface area contributed by atoms with Gasteiger partial charge in [-0.2, -0.15) is 0 Å². The number of likely N-dealkylation sites (tertiary alicyclic amines) is 1. The van der Waals surface area contributed by atoms with Crippen LogP contribution in [-0.4, -0.2) is 60.6 Å². The third-order valence-corrected chi connectivity index (χ3v) is 4.63. The lowest BCUT2D eigenvalue weighted by molar-refractivity contribution is 0.286. The van der Waals surface area contributed by atoms with Crippen molar-refractivity contribution in [1.29, 1.82) is 0 Å². The quantitative estimate of drug-likeness (QED) is 0.397. The van der Waals surface area contributed by atoms with Gasteiger partial charge in [-0.1, -0.05) is 18.5 Å². The number of aliphatic imine (C=N–C) groups is 1. The molecule has 1 aromatic heterocycles. The number of guanidine groups is 1. The van der Waals surface area contributed by atoms with Crippen molar-refractivity contribution < 1.29 is 0 Å². The van der Waals surface area contributed by atoms with E-state index in [0.29, 0.717) is 5.92 Å². The minimum absolute atomic E-state index is 0. The van der Waals surface area contributed by atoms with Crippen molar-refractivity contribution in [2.24, 2.45) is 18.0 Å². The molecule has 0 spiro atoms. The Kier molecular flexibility index (Phi) is 9.44. The zero-order valence-electron chi connectivity index (χ0n) is 15.3. The van der Waals surface area contributed by atoms with Crippen LogP contribution in [0.2, 0.25) is 5.02 Å². The van der Waals surface area contributed by atoms with Crippen LogP contribution < -0.4 is 5.32 Å². The van der Waals surface area contributed by atoms with E-state index in [0.717, 1.165) is 24.1 Å². The van der Waals surface area contributed by atoms with Crippen LogP contribution in [0.15, 0.2) is 17.3 Å². The summed E-state index contributed by atoms with van der Waals surface area (Å²) in [4.78, 5) is 9.09. The van der Waals surface area contributed by atoms with Crippen molar-refractivity contribution >= 4 is 41.5 Å². The highest BCUT2D eigenvalue weighted by molar-refractivity contribution is 14.0. The van der Waals surface area contributed by atoms with E-state index in [1.54, 1.807) is 0 Å². The molecule has 5 nitrogen and oxygen atoms in total. The molecule has 1 aliphatic heterocycles. The van der Waals surface area contributed by atoms with Gasteiger partial charge < -0.3 is 19.7 Å². The summed E-state index contributed by atoms with van der Waals surface area (Å²) in [5.41, 5.74) is 1.17. The lowest BCUT2D eigenvalue weighted by Crippen LogP contribution is -2.42. The van der Waals surface area contributed by atoms with Crippen molar-refractivity contribution in [2.45, 2.75) is 26.3 Å². The van der Waals surface area contributed by atoms with Crippen LogP contribution in [0.4, 0.5) is 0 Å². The van der Waals surface area contributed by atoms with Crippen LogP contribution in [0.5, 0.6) is 0 Å². The molecule has 0 radical (unpaired) electrons. The molecule has 1 N–H and O–H groups in total. The lowest BCUT2D eigenvalue weighted by Gasteiger charge is -2.25. The first kappa shape index (κ1) is 21.6. The molecular formula is C17H31ClIN5. The Hall–Kier alpha value is -0.470. The third kappa shape index (κ3) is 6.44. The van der Waals surface area contributed by atoms with Gasteiger partial charge in [-0.3, -0.25) is 4.99 Å². The van der Waals surface area contributed by atoms with Gasteiger partial charge in [-0.15, -0.1) is 24.0 Å². The number of hydrogen-bond acceptors (Lipinski definition) is 2. The summed E-state index contributed by atoms with van der Waals surface area (Å²) >= 11 is 6.06. The van der Waals surface area contributed by atoms with Crippen LogP contribution in [0.3, 0.4) is 0 Å². The van der Waals surface area contributed by atoms with E-state index in [-0.39, 0.29) is 24.0 Å². The fourth-order valence-corrected chi connectivity index (χ4v) is 3.43. The first-order valence-electron chi connectivity index (χ1n) is 8.44. The van der Waals surface area contributed by atoms with Crippen molar-refractivity contribution in [3.05, 3.63) is 23.0 Å². The number of halogens is 2. The van der Waals surface area contributed by atoms with E-state index in [9.17, 15) is 0 Å². The maximum absolute atomic E-state index is 6.06. The molecule has 0 aliphatic carbocycles. The van der Waals surface area contributed by atoms with Crippen molar-refractivity contribution in [2.75, 3.05) is 40.3 Å². The van der Waals surface area contributed by atoms with Crippen LogP contribution in [0.1, 0.15) is 25.5 Å². The average molecular weight is 468 g/mol. The molecule has 24 heavy (non-hydrogen) atoms. The van der Waals surface area contributed by atoms with E-state index in [1.165, 1.54) is 38.2 Å². The zero-order valence-corrected chi connectivity index (χ0v) is 18.3. The van der Waals surface area contributed by atoms with Gasteiger partial charge in [-0.05, 0) is 37.9 Å². The van der Waals surface area contributed by atoms with Crippen LogP contribution in [-0.2, 0) is 13.6 Å². The number of nitrogens with one attached hydrogen (secondary N) is 1. The Balaban J connectivity index is 0.00000288. The molecule has 0 saturated carbocycles. The monoisotopic (exact) mass is 467 g/mol. The Morgan fingerprint density at radius 3 is 2.62 bits per heavy atom. The van der Waals surface area contributed by atoms with Gasteiger partial charge in [0.1, 0.15) is 0 Å². The first-order valence-corrected chi connectivity index (χ1v) is 8.82. The highest BCUT2D eigenvalue weighted by Crippen LogP contribution is 2.14. The van der Waals surface area contributed by atoms with Gasteiger partial charge in [0.05, 0.1) is 11.6 Å². The second-order valence-electron chi connectivity index (χ2n) is 6.66. The minimum Gasteiger partial charge on any atom is -0.356 e. The normalized spacial score (nSPS) is 16.8. The van der Waals surface area contributed by atoms with Gasteiger partial charge in [-0.25, -0.2) is 0 Å². The Labute approximate surface area is 168 Å². The summed E-state index contributed by atoms with van der Waals surface area (Å²) in [6.45, 7) is 7.71. The van der Waals surface area contributed by atoms with Gasteiger partial charge in [0.15, 0.2) is 5.96 Å². The smallest absolute Gasteiger partial charge is 0.193 e. The van der Waals surface area contributed by atoms with E-state index in [4.69, 9.17) is 11.6 Å². The molecule has 1 aromatic rings. The summed E-state index contributed by atoms with van der Waals surface area (Å²) in [7, 11) is 5.91. The second-order valence-corrected chi connectivity index (χ2v) is 7.09. The summed E-state index contributed by atoms with van der Waals surface area (Å²) in [6, 6.07) is 2.00. The van der Waals surface area contributed by atoms with Crippen LogP contribution >= 0.6 is 35.6 Å². The molecule has 1 unspecified atom stereocenters. The van der Waals surface area contributed by atoms with Crippen LogP contribution in [0.25, 0.3) is 0 Å². The van der Waals surface area contributed by atoms with Gasteiger partial charge in [0, 0.05) is 46.1 Å². The van der Waals surface area contributed by atoms with E-state index < -0.39 is 0 Å². The number of aryl methyl sites for hydroxylation is 1. The van der Waals surface area contributed by atoms with Crippen molar-refractivity contribution in [1.82, 2.24) is 19.7 Å². The zero-order chi connectivity index (χ0) is 16.8. The fourth-order valence-electron chi connectivity index (χ4n) is 3.16. The molecular weight excluding hydrogens is 437 g/mol. The Morgan fingerprint density at radius 2 is 2.08 bits per heavy atom. The maximum Gasteiger partial charge on any atom is 0.193 e. The fraction of sp³-hybridized carbons (Fsp3) is 0.706. The predicted octanol–water partition coefficient (Wildman–Crippen LogP) is 3.04. The third-order valence-electron chi connectivity index (χ3n) is 4.42. The number of nitrogens with zero attached hydrogens (tertiary/aromatic N) is 4. The molecule has 0 amide bonds. The molecule has 2 heterocycles.